The molecule has 1 atom stereocenters. The molecule has 4 heteroatoms. The van der Waals surface area contributed by atoms with Crippen molar-refractivity contribution in [3.05, 3.63) is 66.4 Å². The Kier molecular flexibility index (Phi) is 3.35. The van der Waals surface area contributed by atoms with Crippen LogP contribution in [0.2, 0.25) is 0 Å². The first-order valence-electron chi connectivity index (χ1n) is 7.74. The molecule has 0 fully saturated rings. The number of rotatable bonds is 3. The molecule has 1 unspecified atom stereocenters. The van der Waals surface area contributed by atoms with Crippen LogP contribution in [0, 0.1) is 0 Å². The molecule has 22 heavy (non-hydrogen) atoms. The third kappa shape index (κ3) is 2.48. The minimum absolute atomic E-state index is 0.434. The van der Waals surface area contributed by atoms with Crippen LogP contribution in [0.5, 0.6) is 0 Å². The van der Waals surface area contributed by atoms with Crippen LogP contribution in [0.3, 0.4) is 0 Å². The summed E-state index contributed by atoms with van der Waals surface area (Å²) < 4.78 is 1.96. The number of anilines is 2. The molecule has 2 heterocycles. The van der Waals surface area contributed by atoms with Crippen molar-refractivity contribution in [1.82, 2.24) is 14.6 Å². The van der Waals surface area contributed by atoms with E-state index < -0.39 is 0 Å². The SMILES string of the molecule is C1=CC(c2cccc3nc(Nc4ccccc4)nn23)CCC1. The zero-order chi connectivity index (χ0) is 14.8. The van der Waals surface area contributed by atoms with Crippen LogP contribution in [0.1, 0.15) is 30.9 Å². The Bertz CT molecular complexity index is 804. The van der Waals surface area contributed by atoms with Gasteiger partial charge in [0.25, 0.3) is 0 Å². The van der Waals surface area contributed by atoms with E-state index in [1.165, 1.54) is 25.0 Å². The molecule has 4 nitrogen and oxygen atoms in total. The van der Waals surface area contributed by atoms with Crippen molar-refractivity contribution in [2.45, 2.75) is 25.2 Å². The van der Waals surface area contributed by atoms with E-state index in [4.69, 9.17) is 0 Å². The fourth-order valence-corrected chi connectivity index (χ4v) is 2.97. The van der Waals surface area contributed by atoms with E-state index in [0.29, 0.717) is 11.9 Å². The Labute approximate surface area is 129 Å². The molecule has 0 spiro atoms. The summed E-state index contributed by atoms with van der Waals surface area (Å²) in [6.07, 6.45) is 8.17. The van der Waals surface area contributed by atoms with E-state index >= 15 is 0 Å². The maximum absolute atomic E-state index is 4.64. The number of allylic oxidation sites excluding steroid dienone is 2. The van der Waals surface area contributed by atoms with Gasteiger partial charge in [-0.05, 0) is 43.5 Å². The first-order valence-corrected chi connectivity index (χ1v) is 7.74. The highest BCUT2D eigenvalue weighted by Crippen LogP contribution is 2.28. The van der Waals surface area contributed by atoms with Gasteiger partial charge in [-0.3, -0.25) is 0 Å². The van der Waals surface area contributed by atoms with Crippen molar-refractivity contribution in [2.75, 3.05) is 5.32 Å². The van der Waals surface area contributed by atoms with Crippen molar-refractivity contribution in [1.29, 1.82) is 0 Å². The summed E-state index contributed by atoms with van der Waals surface area (Å²) in [5.74, 6) is 1.07. The van der Waals surface area contributed by atoms with Gasteiger partial charge in [-0.2, -0.15) is 4.98 Å². The van der Waals surface area contributed by atoms with Crippen LogP contribution in [0.4, 0.5) is 11.6 Å². The second kappa shape index (κ2) is 5.64. The average Bonchev–Trinajstić information content (AvgIpc) is 2.99. The maximum Gasteiger partial charge on any atom is 0.247 e. The molecule has 0 radical (unpaired) electrons. The minimum Gasteiger partial charge on any atom is -0.323 e. The van der Waals surface area contributed by atoms with Gasteiger partial charge in [0.1, 0.15) is 0 Å². The minimum atomic E-state index is 0.434. The topological polar surface area (TPSA) is 42.2 Å². The highest BCUT2D eigenvalue weighted by molar-refractivity contribution is 5.55. The molecule has 0 bridgehead atoms. The zero-order valence-electron chi connectivity index (χ0n) is 12.3. The lowest BCUT2D eigenvalue weighted by Crippen LogP contribution is -2.06. The van der Waals surface area contributed by atoms with Crippen molar-refractivity contribution in [3.8, 4) is 0 Å². The summed E-state index contributed by atoms with van der Waals surface area (Å²) >= 11 is 0. The van der Waals surface area contributed by atoms with Crippen molar-refractivity contribution < 1.29 is 0 Å². The molecular formula is C18H18N4. The number of fused-ring (bicyclic) bond motifs is 1. The Hall–Kier alpha value is -2.62. The third-order valence-corrected chi connectivity index (χ3v) is 4.05. The summed E-state index contributed by atoms with van der Waals surface area (Å²) in [6, 6.07) is 16.2. The average molecular weight is 290 g/mol. The summed E-state index contributed by atoms with van der Waals surface area (Å²) in [5.41, 5.74) is 3.09. The van der Waals surface area contributed by atoms with E-state index in [1.54, 1.807) is 0 Å². The molecule has 0 aliphatic heterocycles. The number of hydrogen-bond donors (Lipinski definition) is 1. The van der Waals surface area contributed by atoms with Gasteiger partial charge >= 0.3 is 0 Å². The molecule has 1 aliphatic rings. The van der Waals surface area contributed by atoms with Crippen molar-refractivity contribution in [2.24, 2.45) is 0 Å². The molecule has 1 aliphatic carbocycles. The molecule has 110 valence electrons. The molecule has 1 N–H and O–H groups in total. The van der Waals surface area contributed by atoms with E-state index in [1.807, 2.05) is 40.9 Å². The molecule has 2 aromatic heterocycles. The van der Waals surface area contributed by atoms with Gasteiger partial charge in [-0.25, -0.2) is 4.52 Å². The molecule has 0 saturated carbocycles. The normalized spacial score (nSPS) is 17.7. The first kappa shape index (κ1) is 13.1. The lowest BCUT2D eigenvalue weighted by Gasteiger charge is -2.17. The number of aromatic nitrogens is 3. The van der Waals surface area contributed by atoms with Gasteiger partial charge in [-0.1, -0.05) is 36.4 Å². The number of nitrogens with zero attached hydrogens (tertiary/aromatic N) is 3. The highest BCUT2D eigenvalue weighted by Gasteiger charge is 2.16. The van der Waals surface area contributed by atoms with Gasteiger partial charge < -0.3 is 5.32 Å². The van der Waals surface area contributed by atoms with Gasteiger partial charge in [0.05, 0.1) is 5.69 Å². The summed E-state index contributed by atoms with van der Waals surface area (Å²) in [6.45, 7) is 0. The van der Waals surface area contributed by atoms with E-state index in [2.05, 4.69) is 39.7 Å². The van der Waals surface area contributed by atoms with Crippen LogP contribution in [-0.2, 0) is 0 Å². The predicted molar refractivity (Wildman–Crippen MR) is 88.4 cm³/mol. The van der Waals surface area contributed by atoms with Gasteiger partial charge in [0, 0.05) is 11.6 Å². The summed E-state index contributed by atoms with van der Waals surface area (Å²) in [5, 5.41) is 7.91. The fourth-order valence-electron chi connectivity index (χ4n) is 2.97. The van der Waals surface area contributed by atoms with Crippen molar-refractivity contribution >= 4 is 17.3 Å². The van der Waals surface area contributed by atoms with Crippen LogP contribution < -0.4 is 5.32 Å². The van der Waals surface area contributed by atoms with E-state index in [0.717, 1.165) is 11.3 Å². The number of hydrogen-bond acceptors (Lipinski definition) is 3. The smallest absolute Gasteiger partial charge is 0.247 e. The lowest BCUT2D eigenvalue weighted by atomic mass is 9.92. The van der Waals surface area contributed by atoms with E-state index in [-0.39, 0.29) is 0 Å². The highest BCUT2D eigenvalue weighted by atomic mass is 15.4. The van der Waals surface area contributed by atoms with Crippen molar-refractivity contribution in [3.63, 3.8) is 0 Å². The van der Waals surface area contributed by atoms with Gasteiger partial charge in [-0.15, -0.1) is 5.10 Å². The van der Waals surface area contributed by atoms with Crippen LogP contribution in [0.25, 0.3) is 5.65 Å². The largest absolute Gasteiger partial charge is 0.323 e. The monoisotopic (exact) mass is 290 g/mol. The van der Waals surface area contributed by atoms with Gasteiger partial charge in [0.15, 0.2) is 5.65 Å². The van der Waals surface area contributed by atoms with E-state index in [9.17, 15) is 0 Å². The molecule has 4 rings (SSSR count). The summed E-state index contributed by atoms with van der Waals surface area (Å²) in [4.78, 5) is 4.58. The summed E-state index contributed by atoms with van der Waals surface area (Å²) in [7, 11) is 0. The second-order valence-electron chi connectivity index (χ2n) is 5.61. The first-order chi connectivity index (χ1) is 10.9. The van der Waals surface area contributed by atoms with Crippen LogP contribution in [0.15, 0.2) is 60.7 Å². The molecular weight excluding hydrogens is 272 g/mol. The third-order valence-electron chi connectivity index (χ3n) is 4.05. The molecule has 3 aromatic rings. The molecule has 0 amide bonds. The maximum atomic E-state index is 4.64. The quantitative estimate of drug-likeness (QED) is 0.731. The lowest BCUT2D eigenvalue weighted by molar-refractivity contribution is 0.625. The Morgan fingerprint density at radius 1 is 1.05 bits per heavy atom. The number of nitrogens with one attached hydrogen (secondary N) is 1. The standard InChI is InChI=1S/C18H18N4/c1-3-8-14(9-4-1)16-12-7-13-17-20-18(21-22(16)17)19-15-10-5-2-6-11-15/h2-3,5-8,10-14H,1,4,9H2,(H,19,21). The molecule has 0 saturated heterocycles. The van der Waals surface area contributed by atoms with Crippen LogP contribution >= 0.6 is 0 Å². The number of para-hydroxylation sites is 1. The second-order valence-corrected chi connectivity index (χ2v) is 5.61. The Morgan fingerprint density at radius 3 is 2.77 bits per heavy atom. The Morgan fingerprint density at radius 2 is 1.95 bits per heavy atom. The predicted octanol–water partition coefficient (Wildman–Crippen LogP) is 4.30. The molecule has 1 aromatic carbocycles. The zero-order valence-corrected chi connectivity index (χ0v) is 12.3. The van der Waals surface area contributed by atoms with Gasteiger partial charge in [0.2, 0.25) is 5.95 Å². The Balaban J connectivity index is 1.71. The number of pyridine rings is 1. The van der Waals surface area contributed by atoms with Crippen LogP contribution in [-0.4, -0.2) is 14.6 Å². The fraction of sp³-hybridized carbons (Fsp3) is 0.222. The number of benzene rings is 1.